The van der Waals surface area contributed by atoms with Gasteiger partial charge in [-0.05, 0) is 12.5 Å². The number of rotatable bonds is 2. The molecular weight excluding hydrogens is 164 g/mol. The highest BCUT2D eigenvalue weighted by atomic mass is 16.3. The molecular formula is C10H12N2O. The summed E-state index contributed by atoms with van der Waals surface area (Å²) in [6.07, 6.45) is 3.50. The maximum absolute atomic E-state index is 5.57. The number of pyridine rings is 1. The van der Waals surface area contributed by atoms with E-state index < -0.39 is 0 Å². The lowest BCUT2D eigenvalue weighted by Gasteiger charge is -1.93. The van der Waals surface area contributed by atoms with Gasteiger partial charge in [0.1, 0.15) is 5.52 Å². The van der Waals surface area contributed by atoms with E-state index >= 15 is 0 Å². The zero-order valence-electron chi connectivity index (χ0n) is 7.87. The van der Waals surface area contributed by atoms with E-state index in [9.17, 15) is 0 Å². The summed E-state index contributed by atoms with van der Waals surface area (Å²) >= 11 is 0. The third kappa shape index (κ3) is 1.30. The molecule has 0 aliphatic carbocycles. The van der Waals surface area contributed by atoms with Crippen LogP contribution in [0.3, 0.4) is 0 Å². The molecule has 13 heavy (non-hydrogen) atoms. The predicted octanol–water partition coefficient (Wildman–Crippen LogP) is 2.35. The van der Waals surface area contributed by atoms with Gasteiger partial charge in [-0.25, -0.2) is 4.98 Å². The molecule has 0 radical (unpaired) electrons. The molecule has 0 aliphatic heterocycles. The lowest BCUT2D eigenvalue weighted by molar-refractivity contribution is 0.534. The molecule has 0 unspecified atom stereocenters. The lowest BCUT2D eigenvalue weighted by Crippen LogP contribution is -1.85. The Morgan fingerprint density at radius 2 is 2.15 bits per heavy atom. The average Bonchev–Trinajstić information content (AvgIpc) is 2.59. The molecule has 68 valence electrons. The molecule has 2 aromatic heterocycles. The Bertz CT molecular complexity index is 420. The summed E-state index contributed by atoms with van der Waals surface area (Å²) in [5, 5.41) is 0. The summed E-state index contributed by atoms with van der Waals surface area (Å²) in [4.78, 5) is 8.57. The first kappa shape index (κ1) is 8.23. The molecule has 0 fully saturated rings. The minimum atomic E-state index is 0.790. The fraction of sp³-hybridized carbons (Fsp3) is 0.400. The van der Waals surface area contributed by atoms with E-state index in [1.165, 1.54) is 0 Å². The topological polar surface area (TPSA) is 38.9 Å². The van der Waals surface area contributed by atoms with Gasteiger partial charge in [-0.1, -0.05) is 13.8 Å². The van der Waals surface area contributed by atoms with Crippen molar-refractivity contribution in [1.29, 1.82) is 0 Å². The van der Waals surface area contributed by atoms with Crippen molar-refractivity contribution in [2.75, 3.05) is 0 Å². The molecule has 2 aromatic rings. The number of hydrogen-bond donors (Lipinski definition) is 0. The fourth-order valence-electron chi connectivity index (χ4n) is 1.36. The highest BCUT2D eigenvalue weighted by Gasteiger charge is 2.07. The molecule has 3 heteroatoms. The van der Waals surface area contributed by atoms with Gasteiger partial charge in [0.15, 0.2) is 11.5 Å². The van der Waals surface area contributed by atoms with Crippen molar-refractivity contribution in [3.8, 4) is 0 Å². The molecule has 0 amide bonds. The smallest absolute Gasteiger partial charge is 0.195 e. The van der Waals surface area contributed by atoms with Crippen LogP contribution in [0.4, 0.5) is 0 Å². The molecule has 0 saturated heterocycles. The van der Waals surface area contributed by atoms with Gasteiger partial charge in [-0.3, -0.25) is 4.98 Å². The number of aromatic nitrogens is 2. The Morgan fingerprint density at radius 3 is 2.85 bits per heavy atom. The largest absolute Gasteiger partial charge is 0.439 e. The van der Waals surface area contributed by atoms with Crippen LogP contribution >= 0.6 is 0 Å². The maximum atomic E-state index is 5.57. The zero-order valence-corrected chi connectivity index (χ0v) is 7.87. The minimum Gasteiger partial charge on any atom is -0.439 e. The summed E-state index contributed by atoms with van der Waals surface area (Å²) in [7, 11) is 0. The first-order chi connectivity index (χ1) is 6.35. The Hall–Kier alpha value is -1.38. The van der Waals surface area contributed by atoms with Crippen molar-refractivity contribution < 1.29 is 4.42 Å². The second kappa shape index (κ2) is 3.17. The highest BCUT2D eigenvalue weighted by molar-refractivity contribution is 5.74. The third-order valence-electron chi connectivity index (χ3n) is 2.06. The van der Waals surface area contributed by atoms with Gasteiger partial charge >= 0.3 is 0 Å². The van der Waals surface area contributed by atoms with E-state index in [1.807, 2.05) is 13.0 Å². The standard InChI is InChI=1S/C10H12N2O/c1-3-7-10-8(5-6-11-7)12-9(4-2)13-10/h5-6H,3-4H2,1-2H3. The lowest BCUT2D eigenvalue weighted by atomic mass is 10.3. The monoisotopic (exact) mass is 176 g/mol. The SMILES string of the molecule is CCc1nc2ccnc(CC)c2o1. The van der Waals surface area contributed by atoms with Crippen molar-refractivity contribution >= 4 is 11.1 Å². The van der Waals surface area contributed by atoms with E-state index in [-0.39, 0.29) is 0 Å². The highest BCUT2D eigenvalue weighted by Crippen LogP contribution is 2.18. The molecule has 2 rings (SSSR count). The first-order valence-corrected chi connectivity index (χ1v) is 4.58. The predicted molar refractivity (Wildman–Crippen MR) is 50.6 cm³/mol. The van der Waals surface area contributed by atoms with Crippen LogP contribution in [0.5, 0.6) is 0 Å². The molecule has 0 spiro atoms. The summed E-state index contributed by atoms with van der Waals surface area (Å²) in [6, 6.07) is 1.89. The van der Waals surface area contributed by atoms with Crippen LogP contribution in [0, 0.1) is 0 Å². The van der Waals surface area contributed by atoms with E-state index in [1.54, 1.807) is 6.20 Å². The van der Waals surface area contributed by atoms with Crippen LogP contribution in [-0.2, 0) is 12.8 Å². The fourth-order valence-corrected chi connectivity index (χ4v) is 1.36. The number of nitrogens with zero attached hydrogens (tertiary/aromatic N) is 2. The Labute approximate surface area is 76.8 Å². The van der Waals surface area contributed by atoms with E-state index in [0.717, 1.165) is 35.5 Å². The summed E-state index contributed by atoms with van der Waals surface area (Å²) < 4.78 is 5.57. The average molecular weight is 176 g/mol. The summed E-state index contributed by atoms with van der Waals surface area (Å²) in [6.45, 7) is 4.10. The van der Waals surface area contributed by atoms with Gasteiger partial charge in [0.05, 0.1) is 5.69 Å². The van der Waals surface area contributed by atoms with Crippen molar-refractivity contribution in [1.82, 2.24) is 9.97 Å². The van der Waals surface area contributed by atoms with Crippen LogP contribution in [0.25, 0.3) is 11.1 Å². The van der Waals surface area contributed by atoms with Gasteiger partial charge in [0, 0.05) is 12.6 Å². The van der Waals surface area contributed by atoms with Crippen molar-refractivity contribution in [2.45, 2.75) is 26.7 Å². The number of aryl methyl sites for hydroxylation is 2. The van der Waals surface area contributed by atoms with Crippen LogP contribution < -0.4 is 0 Å². The van der Waals surface area contributed by atoms with E-state index in [2.05, 4.69) is 16.9 Å². The molecule has 0 bridgehead atoms. The first-order valence-electron chi connectivity index (χ1n) is 4.58. The normalized spacial score (nSPS) is 10.9. The minimum absolute atomic E-state index is 0.790. The Kier molecular flexibility index (Phi) is 2.00. The molecule has 3 nitrogen and oxygen atoms in total. The zero-order chi connectivity index (χ0) is 9.26. The third-order valence-corrected chi connectivity index (χ3v) is 2.06. The van der Waals surface area contributed by atoms with Crippen molar-refractivity contribution in [3.05, 3.63) is 23.8 Å². The molecule has 0 N–H and O–H groups in total. The molecule has 0 aromatic carbocycles. The van der Waals surface area contributed by atoms with Crippen LogP contribution in [0.2, 0.25) is 0 Å². The number of oxazole rings is 1. The van der Waals surface area contributed by atoms with Gasteiger partial charge < -0.3 is 4.42 Å². The molecule has 2 heterocycles. The van der Waals surface area contributed by atoms with Crippen LogP contribution in [0.15, 0.2) is 16.7 Å². The quantitative estimate of drug-likeness (QED) is 0.705. The Balaban J connectivity index is 2.67. The summed E-state index contributed by atoms with van der Waals surface area (Å²) in [5.74, 6) is 0.790. The van der Waals surface area contributed by atoms with Gasteiger partial charge in [-0.15, -0.1) is 0 Å². The Morgan fingerprint density at radius 1 is 1.31 bits per heavy atom. The number of fused-ring (bicyclic) bond motifs is 1. The van der Waals surface area contributed by atoms with Gasteiger partial charge in [0.2, 0.25) is 0 Å². The molecule has 0 saturated carbocycles. The van der Waals surface area contributed by atoms with E-state index in [4.69, 9.17) is 4.42 Å². The van der Waals surface area contributed by atoms with Crippen molar-refractivity contribution in [3.63, 3.8) is 0 Å². The van der Waals surface area contributed by atoms with Crippen molar-refractivity contribution in [2.24, 2.45) is 0 Å². The van der Waals surface area contributed by atoms with Crippen LogP contribution in [0.1, 0.15) is 25.4 Å². The molecule has 0 aliphatic rings. The van der Waals surface area contributed by atoms with Gasteiger partial charge in [-0.2, -0.15) is 0 Å². The maximum Gasteiger partial charge on any atom is 0.195 e. The second-order valence-corrected chi connectivity index (χ2v) is 2.92. The van der Waals surface area contributed by atoms with Crippen LogP contribution in [-0.4, -0.2) is 9.97 Å². The molecule has 0 atom stereocenters. The van der Waals surface area contributed by atoms with E-state index in [0.29, 0.717) is 0 Å². The van der Waals surface area contributed by atoms with Gasteiger partial charge in [0.25, 0.3) is 0 Å². The number of hydrogen-bond acceptors (Lipinski definition) is 3. The summed E-state index contributed by atoms with van der Waals surface area (Å²) in [5.41, 5.74) is 2.76. The second-order valence-electron chi connectivity index (χ2n) is 2.92.